The lowest BCUT2D eigenvalue weighted by Gasteiger charge is -2.25. The van der Waals surface area contributed by atoms with Gasteiger partial charge in [-0.25, -0.2) is 4.79 Å². The van der Waals surface area contributed by atoms with E-state index >= 15 is 0 Å². The minimum absolute atomic E-state index is 0.0163. The topological polar surface area (TPSA) is 52.6 Å². The van der Waals surface area contributed by atoms with Crippen LogP contribution in [0.25, 0.3) is 0 Å². The van der Waals surface area contributed by atoms with Crippen molar-refractivity contribution in [3.63, 3.8) is 0 Å². The molecular formula is C17H24N2O2S2. The number of aliphatic hydroxyl groups excluding tert-OH is 1. The molecule has 1 unspecified atom stereocenters. The molecule has 4 nitrogen and oxygen atoms in total. The average Bonchev–Trinajstić information content (AvgIpc) is 3.24. The fourth-order valence-electron chi connectivity index (χ4n) is 2.31. The van der Waals surface area contributed by atoms with Crippen molar-refractivity contribution in [1.29, 1.82) is 0 Å². The molecule has 0 fully saturated rings. The minimum Gasteiger partial charge on any atom is -0.394 e. The van der Waals surface area contributed by atoms with Gasteiger partial charge in [-0.2, -0.15) is 0 Å². The summed E-state index contributed by atoms with van der Waals surface area (Å²) in [4.78, 5) is 16.8. The van der Waals surface area contributed by atoms with Gasteiger partial charge >= 0.3 is 6.03 Å². The van der Waals surface area contributed by atoms with Gasteiger partial charge < -0.3 is 15.3 Å². The Hall–Kier alpha value is -1.37. The highest BCUT2D eigenvalue weighted by molar-refractivity contribution is 7.10. The number of nitrogens with one attached hydrogen (secondary N) is 1. The van der Waals surface area contributed by atoms with Crippen molar-refractivity contribution >= 4 is 28.7 Å². The summed E-state index contributed by atoms with van der Waals surface area (Å²) in [6.45, 7) is 3.27. The molecule has 1 atom stereocenters. The Kier molecular flexibility index (Phi) is 7.58. The molecular weight excluding hydrogens is 328 g/mol. The van der Waals surface area contributed by atoms with Gasteiger partial charge in [-0.15, -0.1) is 22.7 Å². The molecule has 0 saturated carbocycles. The third-order valence-electron chi connectivity index (χ3n) is 3.59. The first-order valence-electron chi connectivity index (χ1n) is 7.94. The zero-order valence-electron chi connectivity index (χ0n) is 13.4. The number of unbranched alkanes of at least 4 members (excludes halogenated alkanes) is 1. The number of thiophene rings is 2. The van der Waals surface area contributed by atoms with Crippen molar-refractivity contribution in [2.45, 2.75) is 45.3 Å². The quantitative estimate of drug-likeness (QED) is 0.715. The van der Waals surface area contributed by atoms with Gasteiger partial charge in [-0.05, 0) is 29.3 Å². The van der Waals surface area contributed by atoms with Gasteiger partial charge in [0.1, 0.15) is 0 Å². The molecule has 0 aliphatic heterocycles. The molecule has 2 aromatic heterocycles. The van der Waals surface area contributed by atoms with Crippen LogP contribution < -0.4 is 5.32 Å². The summed E-state index contributed by atoms with van der Waals surface area (Å²) in [6, 6.07) is 7.80. The van der Waals surface area contributed by atoms with Gasteiger partial charge in [0.25, 0.3) is 0 Å². The average molecular weight is 353 g/mol. The molecule has 2 heterocycles. The third-order valence-corrected chi connectivity index (χ3v) is 5.32. The van der Waals surface area contributed by atoms with Crippen LogP contribution in [0.2, 0.25) is 0 Å². The second-order valence-electron chi connectivity index (χ2n) is 5.49. The SMILES string of the molecule is CCCCC(CO)NC(=O)N(Cc1cccs1)Cc1cccs1. The van der Waals surface area contributed by atoms with E-state index in [0.29, 0.717) is 13.1 Å². The molecule has 0 saturated heterocycles. The van der Waals surface area contributed by atoms with Crippen LogP contribution in [0.15, 0.2) is 35.0 Å². The van der Waals surface area contributed by atoms with E-state index in [2.05, 4.69) is 12.2 Å². The molecule has 0 radical (unpaired) electrons. The number of aliphatic hydroxyl groups is 1. The van der Waals surface area contributed by atoms with Crippen LogP contribution in [0.3, 0.4) is 0 Å². The number of amides is 2. The lowest BCUT2D eigenvalue weighted by atomic mass is 10.1. The van der Waals surface area contributed by atoms with Crippen molar-refractivity contribution in [3.05, 3.63) is 44.8 Å². The highest BCUT2D eigenvalue weighted by atomic mass is 32.1. The van der Waals surface area contributed by atoms with E-state index in [9.17, 15) is 9.90 Å². The number of carbonyl (C=O) groups is 1. The summed E-state index contributed by atoms with van der Waals surface area (Å²) in [6.07, 6.45) is 2.87. The Morgan fingerprint density at radius 3 is 2.26 bits per heavy atom. The van der Waals surface area contributed by atoms with E-state index in [0.717, 1.165) is 29.0 Å². The number of hydrogen-bond donors (Lipinski definition) is 2. The lowest BCUT2D eigenvalue weighted by molar-refractivity contribution is 0.175. The van der Waals surface area contributed by atoms with Crippen LogP contribution in [0.4, 0.5) is 4.79 Å². The second kappa shape index (κ2) is 9.70. The van der Waals surface area contributed by atoms with Gasteiger partial charge in [-0.3, -0.25) is 0 Å². The van der Waals surface area contributed by atoms with Gasteiger partial charge in [-0.1, -0.05) is 31.9 Å². The van der Waals surface area contributed by atoms with Crippen molar-refractivity contribution in [1.82, 2.24) is 10.2 Å². The lowest BCUT2D eigenvalue weighted by Crippen LogP contribution is -2.45. The molecule has 126 valence electrons. The van der Waals surface area contributed by atoms with Crippen LogP contribution >= 0.6 is 22.7 Å². The van der Waals surface area contributed by atoms with E-state index < -0.39 is 0 Å². The first-order chi connectivity index (χ1) is 11.2. The predicted octanol–water partition coefficient (Wildman–Crippen LogP) is 4.07. The summed E-state index contributed by atoms with van der Waals surface area (Å²) in [5.74, 6) is 0. The van der Waals surface area contributed by atoms with Gasteiger partial charge in [0.05, 0.1) is 25.7 Å². The minimum atomic E-state index is -0.170. The molecule has 0 aromatic carbocycles. The first-order valence-corrected chi connectivity index (χ1v) is 9.70. The predicted molar refractivity (Wildman–Crippen MR) is 96.8 cm³/mol. The summed E-state index contributed by atoms with van der Waals surface area (Å²) in [7, 11) is 0. The Labute approximate surface area is 145 Å². The van der Waals surface area contributed by atoms with E-state index in [4.69, 9.17) is 0 Å². The maximum Gasteiger partial charge on any atom is 0.318 e. The van der Waals surface area contributed by atoms with Crippen molar-refractivity contribution < 1.29 is 9.90 Å². The van der Waals surface area contributed by atoms with E-state index in [1.165, 1.54) is 0 Å². The number of carbonyl (C=O) groups excluding carboxylic acids is 1. The number of nitrogens with zero attached hydrogens (tertiary/aromatic N) is 1. The van der Waals surface area contributed by atoms with Crippen LogP contribution in [-0.2, 0) is 13.1 Å². The van der Waals surface area contributed by atoms with E-state index in [1.807, 2.05) is 39.9 Å². The largest absolute Gasteiger partial charge is 0.394 e. The van der Waals surface area contributed by atoms with Gasteiger partial charge in [0.15, 0.2) is 0 Å². The fraction of sp³-hybridized carbons (Fsp3) is 0.471. The second-order valence-corrected chi connectivity index (χ2v) is 7.55. The van der Waals surface area contributed by atoms with Crippen LogP contribution in [0.5, 0.6) is 0 Å². The monoisotopic (exact) mass is 352 g/mol. The fourth-order valence-corrected chi connectivity index (χ4v) is 3.75. The number of hydrogen-bond acceptors (Lipinski definition) is 4. The smallest absolute Gasteiger partial charge is 0.318 e. The van der Waals surface area contributed by atoms with E-state index in [-0.39, 0.29) is 18.7 Å². The maximum absolute atomic E-state index is 12.6. The molecule has 6 heteroatoms. The van der Waals surface area contributed by atoms with Gasteiger partial charge in [0.2, 0.25) is 0 Å². The van der Waals surface area contributed by atoms with Crippen LogP contribution in [-0.4, -0.2) is 28.7 Å². The standard InChI is InChI=1S/C17H24N2O2S2/c1-2-3-6-14(13-20)18-17(21)19(11-15-7-4-9-22-15)12-16-8-5-10-23-16/h4-5,7-10,14,20H,2-3,6,11-13H2,1H3,(H,18,21). The molecule has 0 aliphatic carbocycles. The molecule has 2 N–H and O–H groups in total. The van der Waals surface area contributed by atoms with Crippen molar-refractivity contribution in [2.24, 2.45) is 0 Å². The van der Waals surface area contributed by atoms with Crippen LogP contribution in [0, 0.1) is 0 Å². The van der Waals surface area contributed by atoms with Crippen molar-refractivity contribution in [2.75, 3.05) is 6.61 Å². The molecule has 0 aliphatic rings. The number of rotatable bonds is 9. The first kappa shape index (κ1) is 18.0. The Bertz CT molecular complexity index is 519. The number of urea groups is 1. The maximum atomic E-state index is 12.6. The summed E-state index contributed by atoms with van der Waals surface area (Å²) >= 11 is 3.30. The summed E-state index contributed by atoms with van der Waals surface area (Å²) in [5.41, 5.74) is 0. The van der Waals surface area contributed by atoms with Crippen molar-refractivity contribution in [3.8, 4) is 0 Å². The Morgan fingerprint density at radius 2 is 1.83 bits per heavy atom. The Morgan fingerprint density at radius 1 is 1.22 bits per heavy atom. The highest BCUT2D eigenvalue weighted by Gasteiger charge is 2.19. The molecule has 2 aromatic rings. The Balaban J connectivity index is 2.00. The zero-order chi connectivity index (χ0) is 16.5. The summed E-state index contributed by atoms with van der Waals surface area (Å²) < 4.78 is 0. The van der Waals surface area contributed by atoms with Gasteiger partial charge in [0, 0.05) is 9.75 Å². The highest BCUT2D eigenvalue weighted by Crippen LogP contribution is 2.17. The molecule has 2 amide bonds. The molecule has 0 bridgehead atoms. The molecule has 23 heavy (non-hydrogen) atoms. The van der Waals surface area contributed by atoms with E-state index in [1.54, 1.807) is 22.7 Å². The zero-order valence-corrected chi connectivity index (χ0v) is 15.0. The molecule has 2 rings (SSSR count). The third kappa shape index (κ3) is 5.97. The van der Waals surface area contributed by atoms with Crippen LogP contribution in [0.1, 0.15) is 35.9 Å². The summed E-state index contributed by atoms with van der Waals surface area (Å²) in [5, 5.41) is 16.5. The molecule has 0 spiro atoms. The normalized spacial score (nSPS) is 12.1.